The van der Waals surface area contributed by atoms with Crippen molar-refractivity contribution >= 4 is 11.4 Å². The Morgan fingerprint density at radius 2 is 2.05 bits per heavy atom. The molecule has 106 valence electrons. The summed E-state index contributed by atoms with van der Waals surface area (Å²) in [6.45, 7) is 7.34. The van der Waals surface area contributed by atoms with Crippen LogP contribution in [0.2, 0.25) is 0 Å². The van der Waals surface area contributed by atoms with Gasteiger partial charge in [0.2, 0.25) is 0 Å². The van der Waals surface area contributed by atoms with E-state index >= 15 is 0 Å². The first-order valence-corrected chi connectivity index (χ1v) is 7.51. The summed E-state index contributed by atoms with van der Waals surface area (Å²) in [5, 5.41) is 0. The van der Waals surface area contributed by atoms with Crippen LogP contribution in [0.1, 0.15) is 39.5 Å². The molecule has 0 amide bonds. The van der Waals surface area contributed by atoms with Crippen LogP contribution in [-0.4, -0.2) is 19.7 Å². The van der Waals surface area contributed by atoms with Crippen molar-refractivity contribution in [1.82, 2.24) is 0 Å². The fraction of sp³-hybridized carbons (Fsp3) is 0.625. The number of hydrogen-bond donors (Lipinski definition) is 1. The molecule has 1 aromatic rings. The van der Waals surface area contributed by atoms with Gasteiger partial charge in [0.15, 0.2) is 0 Å². The highest BCUT2D eigenvalue weighted by atomic mass is 16.5. The summed E-state index contributed by atoms with van der Waals surface area (Å²) in [5.74, 6) is 1.72. The topological polar surface area (TPSA) is 38.5 Å². The number of nitrogens with two attached hydrogens (primary N) is 1. The lowest BCUT2D eigenvalue weighted by Gasteiger charge is -2.25. The average Bonchev–Trinajstić information content (AvgIpc) is 3.21. The van der Waals surface area contributed by atoms with Crippen LogP contribution in [0.25, 0.3) is 0 Å². The lowest BCUT2D eigenvalue weighted by molar-refractivity contribution is 0.319. The number of benzene rings is 1. The van der Waals surface area contributed by atoms with Crippen molar-refractivity contribution in [2.24, 2.45) is 5.92 Å². The molecule has 0 heterocycles. The molecular weight excluding hydrogens is 236 g/mol. The molecule has 3 heteroatoms. The summed E-state index contributed by atoms with van der Waals surface area (Å²) in [6.07, 6.45) is 4.94. The summed E-state index contributed by atoms with van der Waals surface area (Å²) in [5.41, 5.74) is 7.96. The molecule has 0 atom stereocenters. The number of anilines is 2. The molecule has 0 radical (unpaired) electrons. The highest BCUT2D eigenvalue weighted by Crippen LogP contribution is 2.33. The van der Waals surface area contributed by atoms with Gasteiger partial charge >= 0.3 is 0 Å². The molecule has 1 aromatic carbocycles. The van der Waals surface area contributed by atoms with Gasteiger partial charge in [-0.05, 0) is 43.7 Å². The summed E-state index contributed by atoms with van der Waals surface area (Å²) < 4.78 is 5.72. The Kier molecular flexibility index (Phi) is 4.94. The first-order chi connectivity index (χ1) is 9.24. The van der Waals surface area contributed by atoms with E-state index in [-0.39, 0.29) is 0 Å². The number of ether oxygens (including phenoxy) is 1. The minimum absolute atomic E-state index is 0.726. The van der Waals surface area contributed by atoms with Gasteiger partial charge in [0.25, 0.3) is 0 Å². The quantitative estimate of drug-likeness (QED) is 0.726. The Bertz CT molecular complexity index is 402. The fourth-order valence-electron chi connectivity index (χ4n) is 2.26. The van der Waals surface area contributed by atoms with E-state index in [2.05, 4.69) is 30.9 Å². The van der Waals surface area contributed by atoms with Crippen molar-refractivity contribution in [3.63, 3.8) is 0 Å². The van der Waals surface area contributed by atoms with E-state index < -0.39 is 0 Å². The third-order valence-electron chi connectivity index (χ3n) is 3.49. The molecule has 0 spiro atoms. The minimum atomic E-state index is 0.726. The fourth-order valence-corrected chi connectivity index (χ4v) is 2.26. The minimum Gasteiger partial charge on any atom is -0.491 e. The van der Waals surface area contributed by atoms with Crippen LogP contribution in [-0.2, 0) is 0 Å². The van der Waals surface area contributed by atoms with Gasteiger partial charge in [0, 0.05) is 24.8 Å². The molecule has 3 nitrogen and oxygen atoms in total. The van der Waals surface area contributed by atoms with Crippen LogP contribution in [0.15, 0.2) is 18.2 Å². The van der Waals surface area contributed by atoms with Gasteiger partial charge in [-0.25, -0.2) is 0 Å². The van der Waals surface area contributed by atoms with E-state index in [0.717, 1.165) is 36.9 Å². The van der Waals surface area contributed by atoms with Crippen molar-refractivity contribution in [1.29, 1.82) is 0 Å². The highest BCUT2D eigenvalue weighted by Gasteiger charge is 2.24. The van der Waals surface area contributed by atoms with Crippen LogP contribution in [0.5, 0.6) is 5.75 Å². The molecule has 2 rings (SSSR count). The predicted octanol–water partition coefficient (Wildman–Crippen LogP) is 3.68. The predicted molar refractivity (Wildman–Crippen MR) is 81.9 cm³/mol. The molecule has 1 saturated carbocycles. The van der Waals surface area contributed by atoms with Gasteiger partial charge in [-0.1, -0.05) is 13.8 Å². The van der Waals surface area contributed by atoms with E-state index in [9.17, 15) is 0 Å². The lowest BCUT2D eigenvalue weighted by atomic mass is 10.2. The van der Waals surface area contributed by atoms with Crippen LogP contribution >= 0.6 is 0 Å². The van der Waals surface area contributed by atoms with Crippen molar-refractivity contribution in [3.8, 4) is 5.75 Å². The second-order valence-electron chi connectivity index (χ2n) is 5.46. The van der Waals surface area contributed by atoms with Gasteiger partial charge < -0.3 is 15.4 Å². The van der Waals surface area contributed by atoms with E-state index in [1.54, 1.807) is 0 Å². The van der Waals surface area contributed by atoms with Gasteiger partial charge in [-0.2, -0.15) is 0 Å². The number of rotatable bonds is 8. The standard InChI is InChI=1S/C16H26N2O/c1-3-9-18(12-13-5-6-13)14-7-8-15(17)16(11-14)19-10-4-2/h7-8,11,13H,3-6,9-10,12,17H2,1-2H3. The van der Waals surface area contributed by atoms with Crippen LogP contribution in [0.3, 0.4) is 0 Å². The molecule has 0 unspecified atom stereocenters. The summed E-state index contributed by atoms with van der Waals surface area (Å²) in [6, 6.07) is 6.19. The molecule has 1 aliphatic rings. The van der Waals surface area contributed by atoms with Crippen molar-refractivity contribution in [2.75, 3.05) is 30.3 Å². The van der Waals surface area contributed by atoms with E-state index in [0.29, 0.717) is 0 Å². The Morgan fingerprint density at radius 3 is 2.68 bits per heavy atom. The third-order valence-corrected chi connectivity index (χ3v) is 3.49. The zero-order valence-electron chi connectivity index (χ0n) is 12.2. The maximum atomic E-state index is 5.97. The van der Waals surface area contributed by atoms with Gasteiger partial charge in [0.1, 0.15) is 5.75 Å². The Morgan fingerprint density at radius 1 is 1.26 bits per heavy atom. The van der Waals surface area contributed by atoms with Crippen LogP contribution in [0.4, 0.5) is 11.4 Å². The SMILES string of the molecule is CCCOc1cc(N(CCC)CC2CC2)ccc1N. The molecule has 0 aliphatic heterocycles. The zero-order valence-corrected chi connectivity index (χ0v) is 12.2. The second-order valence-corrected chi connectivity index (χ2v) is 5.46. The summed E-state index contributed by atoms with van der Waals surface area (Å²) >= 11 is 0. The normalized spacial score (nSPS) is 14.4. The maximum absolute atomic E-state index is 5.97. The monoisotopic (exact) mass is 262 g/mol. The molecular formula is C16H26N2O. The molecule has 0 saturated heterocycles. The van der Waals surface area contributed by atoms with Gasteiger partial charge in [0.05, 0.1) is 12.3 Å². The first kappa shape index (κ1) is 14.0. The van der Waals surface area contributed by atoms with Crippen LogP contribution < -0.4 is 15.4 Å². The second kappa shape index (κ2) is 6.69. The number of nitrogens with zero attached hydrogens (tertiary/aromatic N) is 1. The van der Waals surface area contributed by atoms with E-state index in [4.69, 9.17) is 10.5 Å². The Hall–Kier alpha value is -1.38. The van der Waals surface area contributed by atoms with Crippen molar-refractivity contribution < 1.29 is 4.74 Å². The zero-order chi connectivity index (χ0) is 13.7. The summed E-state index contributed by atoms with van der Waals surface area (Å²) in [7, 11) is 0. The molecule has 2 N–H and O–H groups in total. The molecule has 0 bridgehead atoms. The largest absolute Gasteiger partial charge is 0.491 e. The van der Waals surface area contributed by atoms with Crippen molar-refractivity contribution in [2.45, 2.75) is 39.5 Å². The number of nitrogen functional groups attached to an aromatic ring is 1. The number of hydrogen-bond acceptors (Lipinski definition) is 3. The van der Waals surface area contributed by atoms with E-state index in [1.165, 1.54) is 31.5 Å². The first-order valence-electron chi connectivity index (χ1n) is 7.51. The highest BCUT2D eigenvalue weighted by molar-refractivity contribution is 5.62. The molecule has 19 heavy (non-hydrogen) atoms. The lowest BCUT2D eigenvalue weighted by Crippen LogP contribution is -2.26. The third kappa shape index (κ3) is 4.05. The maximum Gasteiger partial charge on any atom is 0.144 e. The molecule has 1 fully saturated rings. The Balaban J connectivity index is 2.10. The van der Waals surface area contributed by atoms with E-state index in [1.807, 2.05) is 6.07 Å². The van der Waals surface area contributed by atoms with Crippen molar-refractivity contribution in [3.05, 3.63) is 18.2 Å². The molecule has 0 aromatic heterocycles. The van der Waals surface area contributed by atoms with Gasteiger partial charge in [-0.3, -0.25) is 0 Å². The summed E-state index contributed by atoms with van der Waals surface area (Å²) in [4.78, 5) is 2.47. The molecule has 1 aliphatic carbocycles. The van der Waals surface area contributed by atoms with Gasteiger partial charge in [-0.15, -0.1) is 0 Å². The smallest absolute Gasteiger partial charge is 0.144 e. The van der Waals surface area contributed by atoms with Crippen LogP contribution in [0, 0.1) is 5.92 Å². The Labute approximate surface area is 116 Å². The average molecular weight is 262 g/mol.